The van der Waals surface area contributed by atoms with Crippen molar-refractivity contribution >= 4 is 18.2 Å². The summed E-state index contributed by atoms with van der Waals surface area (Å²) >= 11 is 0. The maximum Gasteiger partial charge on any atom is 0.122 e. The lowest BCUT2D eigenvalue weighted by Crippen LogP contribution is -2.26. The molecule has 4 N–H and O–H groups in total. The van der Waals surface area contributed by atoms with E-state index < -0.39 is 0 Å². The molecule has 0 atom stereocenters. The van der Waals surface area contributed by atoms with E-state index in [-0.39, 0.29) is 12.4 Å². The lowest BCUT2D eigenvalue weighted by atomic mass is 9.89. The smallest absolute Gasteiger partial charge is 0.122 e. The van der Waals surface area contributed by atoms with Crippen LogP contribution in [0.4, 0.5) is 0 Å². The Morgan fingerprint density at radius 2 is 1.73 bits per heavy atom. The molecular formula is C7H16ClN3. The van der Waals surface area contributed by atoms with Crippen LogP contribution in [0.5, 0.6) is 0 Å². The van der Waals surface area contributed by atoms with Crippen LogP contribution in [0.1, 0.15) is 32.1 Å². The van der Waals surface area contributed by atoms with Crippen molar-refractivity contribution < 1.29 is 0 Å². The fourth-order valence-corrected chi connectivity index (χ4v) is 1.50. The summed E-state index contributed by atoms with van der Waals surface area (Å²) in [7, 11) is 0. The van der Waals surface area contributed by atoms with Gasteiger partial charge >= 0.3 is 0 Å². The molecule has 1 fully saturated rings. The summed E-state index contributed by atoms with van der Waals surface area (Å²) in [6.45, 7) is 0. The van der Waals surface area contributed by atoms with Gasteiger partial charge in [-0.05, 0) is 12.8 Å². The zero-order valence-corrected chi connectivity index (χ0v) is 7.44. The van der Waals surface area contributed by atoms with Gasteiger partial charge in [-0.1, -0.05) is 19.3 Å². The molecule has 0 aromatic rings. The van der Waals surface area contributed by atoms with Crippen molar-refractivity contribution in [3.63, 3.8) is 0 Å². The molecular weight excluding hydrogens is 162 g/mol. The van der Waals surface area contributed by atoms with E-state index in [1.165, 1.54) is 32.1 Å². The molecule has 0 bridgehead atoms. The van der Waals surface area contributed by atoms with Gasteiger partial charge in [0.15, 0.2) is 0 Å². The summed E-state index contributed by atoms with van der Waals surface area (Å²) in [5.74, 6) is 6.18. The average Bonchev–Trinajstić information content (AvgIpc) is 2.05. The predicted molar refractivity (Wildman–Crippen MR) is 49.6 cm³/mol. The maximum atomic E-state index is 5.57. The molecule has 3 nitrogen and oxygen atoms in total. The zero-order valence-electron chi connectivity index (χ0n) is 6.62. The van der Waals surface area contributed by atoms with Gasteiger partial charge in [0.05, 0.1) is 0 Å². The lowest BCUT2D eigenvalue weighted by Gasteiger charge is -2.19. The van der Waals surface area contributed by atoms with Crippen molar-refractivity contribution in [2.75, 3.05) is 0 Å². The van der Waals surface area contributed by atoms with E-state index >= 15 is 0 Å². The van der Waals surface area contributed by atoms with Crippen molar-refractivity contribution in [3.8, 4) is 0 Å². The summed E-state index contributed by atoms with van der Waals surface area (Å²) in [5, 5.41) is 3.51. The van der Waals surface area contributed by atoms with Crippen molar-refractivity contribution in [3.05, 3.63) is 0 Å². The van der Waals surface area contributed by atoms with E-state index in [0.717, 1.165) is 0 Å². The standard InChI is InChI=1S/C7H15N3.ClH/c8-7(10-9)6-4-2-1-3-5-6;/h6H,1-5,9H2,(H2,8,10);1H. The Labute approximate surface area is 73.6 Å². The highest BCUT2D eigenvalue weighted by Crippen LogP contribution is 2.23. The number of hydrazone groups is 1. The Morgan fingerprint density at radius 1 is 1.18 bits per heavy atom. The first-order chi connectivity index (χ1) is 4.84. The van der Waals surface area contributed by atoms with Gasteiger partial charge < -0.3 is 11.6 Å². The molecule has 1 rings (SSSR count). The van der Waals surface area contributed by atoms with Gasteiger partial charge in [0.25, 0.3) is 0 Å². The van der Waals surface area contributed by atoms with Gasteiger partial charge in [0, 0.05) is 5.92 Å². The Bertz CT molecular complexity index is 130. The second-order valence-corrected chi connectivity index (χ2v) is 2.89. The van der Waals surface area contributed by atoms with Gasteiger partial charge in [-0.25, -0.2) is 0 Å². The van der Waals surface area contributed by atoms with E-state index in [1.807, 2.05) is 0 Å². The van der Waals surface area contributed by atoms with Gasteiger partial charge in [-0.2, -0.15) is 5.10 Å². The Balaban J connectivity index is 0.000001000. The summed E-state index contributed by atoms with van der Waals surface area (Å²) < 4.78 is 0. The molecule has 0 aromatic heterocycles. The summed E-state index contributed by atoms with van der Waals surface area (Å²) in [5.41, 5.74) is 5.57. The van der Waals surface area contributed by atoms with Crippen LogP contribution < -0.4 is 11.6 Å². The van der Waals surface area contributed by atoms with Crippen molar-refractivity contribution in [2.45, 2.75) is 32.1 Å². The highest BCUT2D eigenvalue weighted by molar-refractivity contribution is 5.85. The number of rotatable bonds is 1. The van der Waals surface area contributed by atoms with Crippen LogP contribution >= 0.6 is 12.4 Å². The molecule has 66 valence electrons. The largest absolute Gasteiger partial charge is 0.386 e. The molecule has 11 heavy (non-hydrogen) atoms. The molecule has 1 aliphatic rings. The second kappa shape index (κ2) is 5.24. The molecule has 0 heterocycles. The Morgan fingerprint density at radius 3 is 2.18 bits per heavy atom. The van der Waals surface area contributed by atoms with Crippen LogP contribution in [0.15, 0.2) is 5.10 Å². The SMILES string of the molecule is Cl.N/N=C(\N)C1CCCCC1. The fraction of sp³-hybridized carbons (Fsp3) is 0.857. The number of nitrogens with two attached hydrogens (primary N) is 2. The summed E-state index contributed by atoms with van der Waals surface area (Å²) in [6.07, 6.45) is 6.25. The van der Waals surface area contributed by atoms with Crippen LogP contribution in [0.25, 0.3) is 0 Å². The molecule has 0 aliphatic heterocycles. The third-order valence-corrected chi connectivity index (χ3v) is 2.17. The molecule has 1 saturated carbocycles. The van der Waals surface area contributed by atoms with Crippen LogP contribution in [0, 0.1) is 5.92 Å². The molecule has 1 aliphatic carbocycles. The highest BCUT2D eigenvalue weighted by Gasteiger charge is 2.16. The Hall–Kier alpha value is -0.440. The topological polar surface area (TPSA) is 64.4 Å². The number of halogens is 1. The maximum absolute atomic E-state index is 5.57. The molecule has 0 aromatic carbocycles. The van der Waals surface area contributed by atoms with E-state index in [4.69, 9.17) is 11.6 Å². The van der Waals surface area contributed by atoms with E-state index in [1.54, 1.807) is 0 Å². The van der Waals surface area contributed by atoms with Crippen LogP contribution in [-0.2, 0) is 0 Å². The molecule has 4 heteroatoms. The number of hydrogen-bond donors (Lipinski definition) is 2. The second-order valence-electron chi connectivity index (χ2n) is 2.89. The summed E-state index contributed by atoms with van der Waals surface area (Å²) in [6, 6.07) is 0. The molecule has 0 amide bonds. The van der Waals surface area contributed by atoms with Crippen LogP contribution in [-0.4, -0.2) is 5.84 Å². The third-order valence-electron chi connectivity index (χ3n) is 2.17. The first-order valence-electron chi connectivity index (χ1n) is 3.88. The molecule has 0 unspecified atom stereocenters. The highest BCUT2D eigenvalue weighted by atomic mass is 35.5. The monoisotopic (exact) mass is 177 g/mol. The van der Waals surface area contributed by atoms with Crippen molar-refractivity contribution in [2.24, 2.45) is 22.6 Å². The van der Waals surface area contributed by atoms with E-state index in [9.17, 15) is 0 Å². The quantitative estimate of drug-likeness (QED) is 0.274. The Kier molecular flexibility index (Phi) is 5.03. The number of nitrogens with zero attached hydrogens (tertiary/aromatic N) is 1. The van der Waals surface area contributed by atoms with Gasteiger partial charge in [0.2, 0.25) is 0 Å². The lowest BCUT2D eigenvalue weighted by molar-refractivity contribution is 0.436. The predicted octanol–water partition coefficient (Wildman–Crippen LogP) is 1.22. The number of hydrogen-bond acceptors (Lipinski definition) is 2. The van der Waals surface area contributed by atoms with Gasteiger partial charge in [0.1, 0.15) is 5.84 Å². The first-order valence-corrected chi connectivity index (χ1v) is 3.88. The average molecular weight is 178 g/mol. The minimum Gasteiger partial charge on any atom is -0.386 e. The van der Waals surface area contributed by atoms with Crippen molar-refractivity contribution in [1.29, 1.82) is 0 Å². The van der Waals surface area contributed by atoms with E-state index in [2.05, 4.69) is 5.10 Å². The molecule has 0 radical (unpaired) electrons. The molecule has 0 spiro atoms. The van der Waals surface area contributed by atoms with Crippen LogP contribution in [0.2, 0.25) is 0 Å². The van der Waals surface area contributed by atoms with Gasteiger partial charge in [-0.3, -0.25) is 0 Å². The summed E-state index contributed by atoms with van der Waals surface area (Å²) in [4.78, 5) is 0. The minimum atomic E-state index is 0. The third kappa shape index (κ3) is 2.97. The fourth-order valence-electron chi connectivity index (χ4n) is 1.50. The van der Waals surface area contributed by atoms with E-state index in [0.29, 0.717) is 11.8 Å². The minimum absolute atomic E-state index is 0. The normalized spacial score (nSPS) is 20.9. The van der Waals surface area contributed by atoms with Crippen LogP contribution in [0.3, 0.4) is 0 Å². The molecule has 0 saturated heterocycles. The zero-order chi connectivity index (χ0) is 7.40. The van der Waals surface area contributed by atoms with Gasteiger partial charge in [-0.15, -0.1) is 12.4 Å². The first kappa shape index (κ1) is 10.6. The number of amidine groups is 1. The van der Waals surface area contributed by atoms with Crippen molar-refractivity contribution in [1.82, 2.24) is 0 Å².